The lowest BCUT2D eigenvalue weighted by atomic mass is 10.1. The molecule has 1 aromatic heterocycles. The zero-order valence-corrected chi connectivity index (χ0v) is 16.6. The van der Waals surface area contributed by atoms with Crippen LogP contribution in [0.4, 0.5) is 5.69 Å². The molecule has 6 heteroatoms. The summed E-state index contributed by atoms with van der Waals surface area (Å²) in [6.07, 6.45) is 1.11. The van der Waals surface area contributed by atoms with Gasteiger partial charge in [0.2, 0.25) is 0 Å². The van der Waals surface area contributed by atoms with Crippen LogP contribution in [0.5, 0.6) is 5.75 Å². The summed E-state index contributed by atoms with van der Waals surface area (Å²) in [7, 11) is 1.60. The fourth-order valence-electron chi connectivity index (χ4n) is 3.68. The van der Waals surface area contributed by atoms with Crippen LogP contribution < -0.4 is 15.2 Å². The Morgan fingerprint density at radius 1 is 1.24 bits per heavy atom. The van der Waals surface area contributed by atoms with Crippen LogP contribution in [0.2, 0.25) is 0 Å². The van der Waals surface area contributed by atoms with Gasteiger partial charge in [0.1, 0.15) is 11.9 Å². The monoisotopic (exact) mass is 392 g/mol. The van der Waals surface area contributed by atoms with Gasteiger partial charge in [-0.2, -0.15) is 0 Å². The minimum atomic E-state index is -0.463. The number of benzene rings is 2. The molecular weight excluding hydrogens is 368 g/mol. The normalized spacial score (nSPS) is 16.1. The van der Waals surface area contributed by atoms with Crippen LogP contribution in [0.25, 0.3) is 10.9 Å². The lowest BCUT2D eigenvalue weighted by molar-refractivity contribution is -0.127. The minimum Gasteiger partial charge on any atom is -0.497 e. The number of aromatic amines is 1. The fraction of sp³-hybridized carbons (Fsp3) is 0.304. The predicted octanol–water partition coefficient (Wildman–Crippen LogP) is 3.56. The smallest absolute Gasteiger partial charge is 0.256 e. The lowest BCUT2D eigenvalue weighted by Crippen LogP contribution is -2.39. The Labute approximate surface area is 169 Å². The number of pyridine rings is 1. The Balaban J connectivity index is 1.74. The van der Waals surface area contributed by atoms with E-state index in [2.05, 4.69) is 4.98 Å². The number of fused-ring (bicyclic) bond motifs is 1. The van der Waals surface area contributed by atoms with Crippen LogP contribution in [-0.4, -0.2) is 30.7 Å². The van der Waals surface area contributed by atoms with Crippen molar-refractivity contribution in [2.75, 3.05) is 18.6 Å². The van der Waals surface area contributed by atoms with Crippen LogP contribution in [-0.2, 0) is 16.1 Å². The predicted molar refractivity (Wildman–Crippen MR) is 112 cm³/mol. The third-order valence-corrected chi connectivity index (χ3v) is 5.24. The summed E-state index contributed by atoms with van der Waals surface area (Å²) in [4.78, 5) is 30.5. The maximum atomic E-state index is 13.2. The van der Waals surface area contributed by atoms with Crippen molar-refractivity contribution in [2.45, 2.75) is 32.4 Å². The molecular formula is C23H24N2O4. The third-order valence-electron chi connectivity index (χ3n) is 5.24. The van der Waals surface area contributed by atoms with E-state index < -0.39 is 6.10 Å². The lowest BCUT2D eigenvalue weighted by Gasteiger charge is -2.25. The van der Waals surface area contributed by atoms with E-state index in [9.17, 15) is 9.59 Å². The summed E-state index contributed by atoms with van der Waals surface area (Å²) in [5.74, 6) is 0.597. The SMILES string of the molecule is COc1ccc2[nH]c(=O)c(CN(C(=O)[C@@H]3CCCO3)c3cccc(C)c3)cc2c1. The molecule has 0 aliphatic carbocycles. The zero-order chi connectivity index (χ0) is 20.4. The van der Waals surface area contributed by atoms with Gasteiger partial charge < -0.3 is 19.4 Å². The molecule has 1 fully saturated rings. The molecule has 29 heavy (non-hydrogen) atoms. The van der Waals surface area contributed by atoms with Gasteiger partial charge in [0.25, 0.3) is 11.5 Å². The second-order valence-corrected chi connectivity index (χ2v) is 7.34. The summed E-state index contributed by atoms with van der Waals surface area (Å²) in [5.41, 5.74) is 2.84. The highest BCUT2D eigenvalue weighted by Gasteiger charge is 2.29. The van der Waals surface area contributed by atoms with Crippen molar-refractivity contribution in [1.29, 1.82) is 0 Å². The van der Waals surface area contributed by atoms with Gasteiger partial charge in [-0.25, -0.2) is 0 Å². The van der Waals surface area contributed by atoms with Crippen molar-refractivity contribution in [2.24, 2.45) is 0 Å². The van der Waals surface area contributed by atoms with Gasteiger partial charge in [-0.15, -0.1) is 0 Å². The molecule has 6 nitrogen and oxygen atoms in total. The number of anilines is 1. The van der Waals surface area contributed by atoms with Crippen LogP contribution in [0, 0.1) is 6.92 Å². The van der Waals surface area contributed by atoms with E-state index in [1.54, 1.807) is 18.1 Å². The first kappa shape index (κ1) is 19.2. The first-order valence-corrected chi connectivity index (χ1v) is 9.75. The van der Waals surface area contributed by atoms with Crippen LogP contribution in [0.3, 0.4) is 0 Å². The second-order valence-electron chi connectivity index (χ2n) is 7.34. The zero-order valence-electron chi connectivity index (χ0n) is 16.6. The number of aromatic nitrogens is 1. The van der Waals surface area contributed by atoms with E-state index in [0.29, 0.717) is 24.3 Å². The van der Waals surface area contributed by atoms with Gasteiger partial charge in [-0.3, -0.25) is 9.59 Å². The Hall–Kier alpha value is -3.12. The number of carbonyl (C=O) groups excluding carboxylic acids is 1. The van der Waals surface area contributed by atoms with Gasteiger partial charge in [0.15, 0.2) is 0 Å². The number of aryl methyl sites for hydroxylation is 1. The molecule has 1 aliphatic heterocycles. The summed E-state index contributed by atoms with van der Waals surface area (Å²) >= 11 is 0. The van der Waals surface area contributed by atoms with E-state index in [1.807, 2.05) is 49.4 Å². The van der Waals surface area contributed by atoms with Gasteiger partial charge in [-0.1, -0.05) is 12.1 Å². The first-order valence-electron chi connectivity index (χ1n) is 9.75. The van der Waals surface area contributed by atoms with Crippen LogP contribution >= 0.6 is 0 Å². The molecule has 0 radical (unpaired) electrons. The topological polar surface area (TPSA) is 71.6 Å². The maximum absolute atomic E-state index is 13.2. The van der Waals surface area contributed by atoms with E-state index >= 15 is 0 Å². The van der Waals surface area contributed by atoms with Gasteiger partial charge in [0.05, 0.1) is 13.7 Å². The molecule has 1 saturated heterocycles. The highest BCUT2D eigenvalue weighted by molar-refractivity contribution is 5.96. The molecule has 3 aromatic rings. The number of nitrogens with one attached hydrogen (secondary N) is 1. The van der Waals surface area contributed by atoms with E-state index in [0.717, 1.165) is 28.6 Å². The molecule has 1 aliphatic rings. The Kier molecular flexibility index (Phi) is 5.36. The number of methoxy groups -OCH3 is 1. The van der Waals surface area contributed by atoms with Gasteiger partial charge in [-0.05, 0) is 61.7 Å². The van der Waals surface area contributed by atoms with Crippen molar-refractivity contribution >= 4 is 22.5 Å². The second kappa shape index (κ2) is 8.09. The fourth-order valence-corrected chi connectivity index (χ4v) is 3.68. The first-order chi connectivity index (χ1) is 14.0. The largest absolute Gasteiger partial charge is 0.497 e. The van der Waals surface area contributed by atoms with Crippen LogP contribution in [0.1, 0.15) is 24.0 Å². The number of carbonyl (C=O) groups is 1. The van der Waals surface area contributed by atoms with Crippen LogP contribution in [0.15, 0.2) is 53.3 Å². The number of rotatable bonds is 5. The number of ether oxygens (including phenoxy) is 2. The molecule has 4 rings (SSSR count). The standard InChI is InChI=1S/C23H24N2O4/c1-15-5-3-6-18(11-15)25(23(27)21-7-4-10-29-21)14-17-12-16-13-19(28-2)8-9-20(16)24-22(17)26/h3,5-6,8-9,11-13,21H,4,7,10,14H2,1-2H3,(H,24,26)/t21-/m0/s1. The summed E-state index contributed by atoms with van der Waals surface area (Å²) in [6, 6.07) is 15.0. The molecule has 1 atom stereocenters. The van der Waals surface area contributed by atoms with E-state index in [-0.39, 0.29) is 18.0 Å². The number of H-pyrrole nitrogens is 1. The molecule has 0 bridgehead atoms. The summed E-state index contributed by atoms with van der Waals surface area (Å²) in [6.45, 7) is 2.74. The van der Waals surface area contributed by atoms with Gasteiger partial charge in [0, 0.05) is 28.8 Å². The average Bonchev–Trinajstić information content (AvgIpc) is 3.26. The molecule has 1 amide bonds. The van der Waals surface area contributed by atoms with Gasteiger partial charge >= 0.3 is 0 Å². The number of hydrogen-bond acceptors (Lipinski definition) is 4. The van der Waals surface area contributed by atoms with Crippen molar-refractivity contribution < 1.29 is 14.3 Å². The molecule has 0 spiro atoms. The molecule has 150 valence electrons. The Morgan fingerprint density at radius 2 is 2.10 bits per heavy atom. The average molecular weight is 392 g/mol. The molecule has 1 N–H and O–H groups in total. The highest BCUT2D eigenvalue weighted by Crippen LogP contribution is 2.24. The number of amides is 1. The molecule has 2 heterocycles. The Morgan fingerprint density at radius 3 is 2.83 bits per heavy atom. The number of nitrogens with zero attached hydrogens (tertiary/aromatic N) is 1. The third kappa shape index (κ3) is 4.03. The maximum Gasteiger partial charge on any atom is 0.256 e. The van der Waals surface area contributed by atoms with Crippen molar-refractivity contribution in [3.8, 4) is 5.75 Å². The highest BCUT2D eigenvalue weighted by atomic mass is 16.5. The molecule has 2 aromatic carbocycles. The quantitative estimate of drug-likeness (QED) is 0.721. The van der Waals surface area contributed by atoms with Crippen molar-refractivity contribution in [1.82, 2.24) is 4.98 Å². The van der Waals surface area contributed by atoms with E-state index in [1.165, 1.54) is 0 Å². The van der Waals surface area contributed by atoms with Crippen molar-refractivity contribution in [3.05, 3.63) is 70.0 Å². The molecule has 0 saturated carbocycles. The summed E-state index contributed by atoms with van der Waals surface area (Å²) < 4.78 is 10.9. The minimum absolute atomic E-state index is 0.113. The molecule has 0 unspecified atom stereocenters. The van der Waals surface area contributed by atoms with Crippen molar-refractivity contribution in [3.63, 3.8) is 0 Å². The number of hydrogen-bond donors (Lipinski definition) is 1. The summed E-state index contributed by atoms with van der Waals surface area (Å²) in [5, 5.41) is 0.854. The van der Waals surface area contributed by atoms with E-state index in [4.69, 9.17) is 9.47 Å². The Bertz CT molecular complexity index is 1100.